The number of hydrogen-bond donors (Lipinski definition) is 3. The molecule has 15 heteroatoms. The Bertz CT molecular complexity index is 1510. The highest BCUT2D eigenvalue weighted by Crippen LogP contribution is 2.55. The van der Waals surface area contributed by atoms with Crippen molar-refractivity contribution in [3.8, 4) is 0 Å². The number of allylic oxidation sites excluding steroid dienone is 1. The van der Waals surface area contributed by atoms with E-state index in [4.69, 9.17) is 47.0 Å². The van der Waals surface area contributed by atoms with E-state index in [1.165, 1.54) is 6.26 Å². The molecule has 316 valence electrons. The molecule has 4 heterocycles. The second kappa shape index (κ2) is 18.3. The normalized spacial score (nSPS) is 43.1. The van der Waals surface area contributed by atoms with Crippen molar-refractivity contribution in [2.75, 3.05) is 21.3 Å². The van der Waals surface area contributed by atoms with Crippen LogP contribution >= 0.6 is 0 Å². The van der Waals surface area contributed by atoms with Gasteiger partial charge in [0.1, 0.15) is 24.1 Å². The number of Topliss-reactive ketones (excluding diaryl/α,β-unsaturated/α-hetero) is 1. The molecule has 3 N–H and O–H groups in total. The number of methoxy groups -OCH3 is 3. The number of aliphatic hydroxyl groups is 2. The number of ketones is 1. The second-order valence-electron chi connectivity index (χ2n) is 16.5. The number of hydrogen-bond acceptors (Lipinski definition) is 14. The number of furan rings is 1. The van der Waals surface area contributed by atoms with E-state index in [2.05, 4.69) is 0 Å². The van der Waals surface area contributed by atoms with E-state index in [9.17, 15) is 24.9 Å². The van der Waals surface area contributed by atoms with Gasteiger partial charge in [-0.2, -0.15) is 0 Å². The van der Waals surface area contributed by atoms with Crippen molar-refractivity contribution in [2.24, 2.45) is 17.3 Å². The molecule has 0 amide bonds. The Morgan fingerprint density at radius 1 is 0.821 bits per heavy atom. The number of carboxylic acid groups (broad SMARTS) is 1. The third kappa shape index (κ3) is 9.13. The average Bonchev–Trinajstić information content (AvgIpc) is 3.59. The zero-order chi connectivity index (χ0) is 40.5. The maximum absolute atomic E-state index is 13.1. The molecule has 15 nitrogen and oxygen atoms in total. The summed E-state index contributed by atoms with van der Waals surface area (Å²) in [5.74, 6) is -1.46. The SMILES string of the molecule is COC1CC(OC2C(C)OC(OC3C(C)OC(OC4CC5=CCC(C(=O)O)C(CCC(=O)c6ccoc6C)C5(C)CC4O)CC3OC)CC2OC)OC(C)C1O. The maximum Gasteiger partial charge on any atom is 0.307 e. The number of carbonyl (C=O) groups excluding carboxylic acids is 1. The van der Waals surface area contributed by atoms with Gasteiger partial charge < -0.3 is 62.4 Å². The van der Waals surface area contributed by atoms with Gasteiger partial charge >= 0.3 is 5.97 Å². The summed E-state index contributed by atoms with van der Waals surface area (Å²) >= 11 is 0. The summed E-state index contributed by atoms with van der Waals surface area (Å²) in [4.78, 5) is 25.5. The van der Waals surface area contributed by atoms with Crippen LogP contribution in [0.15, 0.2) is 28.4 Å². The Labute approximate surface area is 329 Å². The molecular weight excluding hydrogens is 732 g/mol. The molecule has 17 atom stereocenters. The molecule has 0 radical (unpaired) electrons. The van der Waals surface area contributed by atoms with Crippen LogP contribution in [0.25, 0.3) is 0 Å². The summed E-state index contributed by atoms with van der Waals surface area (Å²) in [6.45, 7) is 9.32. The molecule has 0 bridgehead atoms. The zero-order valence-corrected chi connectivity index (χ0v) is 33.9. The Hall–Kier alpha value is -2.28. The molecule has 5 aliphatic rings. The molecule has 17 unspecified atom stereocenters. The van der Waals surface area contributed by atoms with E-state index < -0.39 is 97.2 Å². The minimum atomic E-state index is -0.900. The molecule has 3 aliphatic heterocycles. The summed E-state index contributed by atoms with van der Waals surface area (Å²) in [7, 11) is 4.79. The average molecular weight is 795 g/mol. The first-order chi connectivity index (χ1) is 26.7. The van der Waals surface area contributed by atoms with Crippen LogP contribution in [0.1, 0.15) is 95.2 Å². The summed E-state index contributed by atoms with van der Waals surface area (Å²) in [6.07, 6.45) is -1.46. The molecule has 3 saturated heterocycles. The first-order valence-corrected chi connectivity index (χ1v) is 20.0. The Morgan fingerprint density at radius 3 is 1.91 bits per heavy atom. The minimum absolute atomic E-state index is 0.0832. The number of carboxylic acids is 1. The van der Waals surface area contributed by atoms with Crippen LogP contribution in [0.2, 0.25) is 0 Å². The lowest BCUT2D eigenvalue weighted by molar-refractivity contribution is -0.339. The van der Waals surface area contributed by atoms with Crippen LogP contribution in [0, 0.1) is 24.2 Å². The van der Waals surface area contributed by atoms with E-state index in [1.54, 1.807) is 41.2 Å². The van der Waals surface area contributed by atoms with Crippen LogP contribution in [-0.4, -0.2) is 134 Å². The van der Waals surface area contributed by atoms with Gasteiger partial charge in [0.25, 0.3) is 0 Å². The summed E-state index contributed by atoms with van der Waals surface area (Å²) in [5.41, 5.74) is 0.922. The highest BCUT2D eigenvalue weighted by atomic mass is 16.7. The van der Waals surface area contributed by atoms with Crippen molar-refractivity contribution in [1.82, 2.24) is 0 Å². The predicted octanol–water partition coefficient (Wildman–Crippen LogP) is 4.33. The van der Waals surface area contributed by atoms with Gasteiger partial charge in [0.15, 0.2) is 24.7 Å². The van der Waals surface area contributed by atoms with Crippen LogP contribution in [0.5, 0.6) is 0 Å². The Morgan fingerprint density at radius 2 is 1.38 bits per heavy atom. The minimum Gasteiger partial charge on any atom is -0.481 e. The number of ether oxygens (including phenoxy) is 9. The van der Waals surface area contributed by atoms with Gasteiger partial charge in [0, 0.05) is 47.0 Å². The molecule has 2 aliphatic carbocycles. The van der Waals surface area contributed by atoms with E-state index >= 15 is 0 Å². The van der Waals surface area contributed by atoms with E-state index in [-0.39, 0.29) is 24.2 Å². The van der Waals surface area contributed by atoms with Crippen LogP contribution in [-0.2, 0) is 47.4 Å². The van der Waals surface area contributed by atoms with Gasteiger partial charge in [-0.05, 0) is 70.8 Å². The van der Waals surface area contributed by atoms with Gasteiger partial charge in [-0.3, -0.25) is 9.59 Å². The largest absolute Gasteiger partial charge is 0.481 e. The fourth-order valence-corrected chi connectivity index (χ4v) is 9.80. The third-order valence-corrected chi connectivity index (χ3v) is 13.0. The third-order valence-electron chi connectivity index (χ3n) is 13.0. The molecule has 1 saturated carbocycles. The number of rotatable bonds is 14. The smallest absolute Gasteiger partial charge is 0.307 e. The van der Waals surface area contributed by atoms with Crippen molar-refractivity contribution in [1.29, 1.82) is 0 Å². The fraction of sp³-hybridized carbons (Fsp3) is 0.805. The van der Waals surface area contributed by atoms with Crippen molar-refractivity contribution in [3.05, 3.63) is 35.3 Å². The lowest BCUT2D eigenvalue weighted by atomic mass is 9.55. The summed E-state index contributed by atoms with van der Waals surface area (Å²) in [5, 5.41) is 32.1. The Balaban J connectivity index is 1.05. The maximum atomic E-state index is 13.1. The van der Waals surface area contributed by atoms with Gasteiger partial charge in [-0.25, -0.2) is 0 Å². The first-order valence-electron chi connectivity index (χ1n) is 20.0. The number of aliphatic carboxylic acids is 1. The molecule has 0 spiro atoms. The van der Waals surface area contributed by atoms with Gasteiger partial charge in [-0.1, -0.05) is 18.6 Å². The van der Waals surface area contributed by atoms with Crippen molar-refractivity contribution in [2.45, 2.75) is 172 Å². The lowest BCUT2D eigenvalue weighted by Crippen LogP contribution is -2.57. The summed E-state index contributed by atoms with van der Waals surface area (Å²) < 4.78 is 60.5. The summed E-state index contributed by atoms with van der Waals surface area (Å²) in [6, 6.07) is 1.65. The predicted molar refractivity (Wildman–Crippen MR) is 198 cm³/mol. The van der Waals surface area contributed by atoms with Gasteiger partial charge in [0.2, 0.25) is 0 Å². The standard InChI is InChI=1S/C41H62O15/c1-20-25(13-14-50-20)28(42)12-11-27-26(40(45)46)10-9-24-15-30(29(43)19-41(24,27)5)54-34-17-32(48-7)38(22(3)52-34)56-36-18-33(49-8)39(23(4)53-36)55-35-16-31(47-6)37(44)21(2)51-35/h9,13-14,21-23,26-27,29-39,43-44H,10-12,15-19H2,1-8H3,(H,45,46). The molecule has 0 aromatic carbocycles. The number of aryl methyl sites for hydroxylation is 1. The molecule has 4 fully saturated rings. The number of aliphatic hydroxyl groups excluding tert-OH is 2. The second-order valence-corrected chi connectivity index (χ2v) is 16.5. The topological polar surface area (TPSA) is 191 Å². The van der Waals surface area contributed by atoms with Crippen molar-refractivity contribution in [3.63, 3.8) is 0 Å². The molecule has 6 rings (SSSR count). The molecule has 56 heavy (non-hydrogen) atoms. The lowest BCUT2D eigenvalue weighted by Gasteiger charge is -2.52. The molecular formula is C41H62O15. The van der Waals surface area contributed by atoms with Gasteiger partial charge in [-0.15, -0.1) is 0 Å². The Kier molecular flexibility index (Phi) is 14.2. The van der Waals surface area contributed by atoms with Crippen LogP contribution in [0.4, 0.5) is 0 Å². The fourth-order valence-electron chi connectivity index (χ4n) is 9.80. The van der Waals surface area contributed by atoms with E-state index in [0.717, 1.165) is 5.57 Å². The van der Waals surface area contributed by atoms with E-state index in [1.807, 2.05) is 26.8 Å². The molecule has 1 aromatic heterocycles. The van der Waals surface area contributed by atoms with Crippen molar-refractivity contribution >= 4 is 11.8 Å². The van der Waals surface area contributed by atoms with Crippen molar-refractivity contribution < 1.29 is 72.0 Å². The van der Waals surface area contributed by atoms with Crippen LogP contribution in [0.3, 0.4) is 0 Å². The van der Waals surface area contributed by atoms with Gasteiger partial charge in [0.05, 0.1) is 66.6 Å². The highest BCUT2D eigenvalue weighted by Gasteiger charge is 2.53. The highest BCUT2D eigenvalue weighted by molar-refractivity contribution is 5.96. The number of fused-ring (bicyclic) bond motifs is 1. The first kappa shape index (κ1) is 43.3. The number of carbonyl (C=O) groups is 2. The molecule has 1 aromatic rings. The quantitative estimate of drug-likeness (QED) is 0.178. The monoisotopic (exact) mass is 794 g/mol. The van der Waals surface area contributed by atoms with E-state index in [0.29, 0.717) is 56.3 Å². The van der Waals surface area contributed by atoms with Crippen LogP contribution < -0.4 is 0 Å². The zero-order valence-electron chi connectivity index (χ0n) is 33.9.